The van der Waals surface area contributed by atoms with Crippen molar-refractivity contribution in [2.75, 3.05) is 0 Å². The molecule has 0 amide bonds. The first-order chi connectivity index (χ1) is 8.08. The Balaban J connectivity index is 2.85. The van der Waals surface area contributed by atoms with Crippen LogP contribution in [0.4, 0.5) is 0 Å². The Kier molecular flexibility index (Phi) is 6.26. The monoisotopic (exact) mass is 296 g/mol. The Morgan fingerprint density at radius 3 is 2.29 bits per heavy atom. The molecule has 0 heterocycles. The average molecular weight is 297 g/mol. The number of benzene rings is 1. The van der Waals surface area contributed by atoms with Gasteiger partial charge in [-0.05, 0) is 48.3 Å². The first-order valence-electron chi connectivity index (χ1n) is 6.84. The molecule has 0 N–H and O–H groups in total. The van der Waals surface area contributed by atoms with E-state index in [0.717, 1.165) is 18.8 Å². The Morgan fingerprint density at radius 2 is 1.76 bits per heavy atom. The quantitative estimate of drug-likeness (QED) is 0.592. The molecule has 1 heteroatoms. The van der Waals surface area contributed by atoms with Crippen LogP contribution in [0.15, 0.2) is 18.2 Å². The van der Waals surface area contributed by atoms with Crippen molar-refractivity contribution in [3.8, 4) is 0 Å². The molecule has 0 saturated heterocycles. The van der Waals surface area contributed by atoms with Gasteiger partial charge in [0.25, 0.3) is 0 Å². The summed E-state index contributed by atoms with van der Waals surface area (Å²) in [6.45, 7) is 9.06. The predicted octanol–water partition coefficient (Wildman–Crippen LogP) is 5.68. The van der Waals surface area contributed by atoms with Gasteiger partial charge >= 0.3 is 0 Å². The highest BCUT2D eigenvalue weighted by Gasteiger charge is 2.12. The molecule has 0 aliphatic rings. The Morgan fingerprint density at radius 1 is 1.06 bits per heavy atom. The van der Waals surface area contributed by atoms with Crippen LogP contribution in [0.25, 0.3) is 0 Å². The summed E-state index contributed by atoms with van der Waals surface area (Å²) in [4.78, 5) is 0.520. The molecule has 1 rings (SSSR count). The third-order valence-electron chi connectivity index (χ3n) is 3.33. The number of hydrogen-bond donors (Lipinski definition) is 0. The predicted molar refractivity (Wildman–Crippen MR) is 80.9 cm³/mol. The van der Waals surface area contributed by atoms with Gasteiger partial charge in [0, 0.05) is 4.83 Å². The minimum Gasteiger partial charge on any atom is -0.0839 e. The molecule has 0 aliphatic carbocycles. The molecule has 1 aromatic carbocycles. The highest BCUT2D eigenvalue weighted by Crippen LogP contribution is 2.32. The zero-order valence-electron chi connectivity index (χ0n) is 11.6. The molecule has 0 bridgehead atoms. The number of aryl methyl sites for hydroxylation is 2. The van der Waals surface area contributed by atoms with Gasteiger partial charge in [0.15, 0.2) is 0 Å². The molecular formula is C16H25Br. The third-order valence-corrected chi connectivity index (χ3v) is 4.29. The lowest BCUT2D eigenvalue weighted by Gasteiger charge is -2.16. The fraction of sp³-hybridized carbons (Fsp3) is 0.625. The van der Waals surface area contributed by atoms with Gasteiger partial charge in [0.1, 0.15) is 0 Å². The molecule has 96 valence electrons. The first kappa shape index (κ1) is 14.8. The van der Waals surface area contributed by atoms with Gasteiger partial charge < -0.3 is 0 Å². The highest BCUT2D eigenvalue weighted by molar-refractivity contribution is 9.09. The Hall–Kier alpha value is -0.300. The van der Waals surface area contributed by atoms with Crippen LogP contribution in [0.2, 0.25) is 0 Å². The molecule has 1 unspecified atom stereocenters. The zero-order valence-corrected chi connectivity index (χ0v) is 13.2. The van der Waals surface area contributed by atoms with Crippen molar-refractivity contribution < 1.29 is 0 Å². The van der Waals surface area contributed by atoms with Crippen LogP contribution in [0.3, 0.4) is 0 Å². The SMILES string of the molecule is CCc1ccc(CC)c(C(Br)CCC(C)C)c1. The molecule has 0 radical (unpaired) electrons. The number of hydrogen-bond acceptors (Lipinski definition) is 0. The molecule has 0 aliphatic heterocycles. The molecule has 0 fully saturated rings. The lowest BCUT2D eigenvalue weighted by atomic mass is 9.95. The van der Waals surface area contributed by atoms with Gasteiger partial charge in [-0.3, -0.25) is 0 Å². The van der Waals surface area contributed by atoms with Crippen LogP contribution in [0.5, 0.6) is 0 Å². The number of rotatable bonds is 6. The maximum absolute atomic E-state index is 3.87. The third kappa shape index (κ3) is 4.46. The van der Waals surface area contributed by atoms with E-state index in [0.29, 0.717) is 4.83 Å². The second-order valence-electron chi connectivity index (χ2n) is 5.18. The summed E-state index contributed by atoms with van der Waals surface area (Å²) in [7, 11) is 0. The van der Waals surface area contributed by atoms with E-state index in [2.05, 4.69) is 61.8 Å². The zero-order chi connectivity index (χ0) is 12.8. The van der Waals surface area contributed by atoms with Crippen LogP contribution in [0, 0.1) is 5.92 Å². The van der Waals surface area contributed by atoms with Gasteiger partial charge in [0.05, 0.1) is 0 Å². The number of alkyl halides is 1. The Labute approximate surface area is 115 Å². The second-order valence-corrected chi connectivity index (χ2v) is 6.28. The second kappa shape index (κ2) is 7.20. The summed E-state index contributed by atoms with van der Waals surface area (Å²) in [5, 5.41) is 0. The van der Waals surface area contributed by atoms with E-state index in [1.54, 1.807) is 0 Å². The minimum absolute atomic E-state index is 0.520. The lowest BCUT2D eigenvalue weighted by molar-refractivity contribution is 0.553. The molecule has 17 heavy (non-hydrogen) atoms. The summed E-state index contributed by atoms with van der Waals surface area (Å²) in [6, 6.07) is 6.96. The summed E-state index contributed by atoms with van der Waals surface area (Å²) < 4.78 is 0. The topological polar surface area (TPSA) is 0 Å². The van der Waals surface area contributed by atoms with E-state index < -0.39 is 0 Å². The van der Waals surface area contributed by atoms with Crippen LogP contribution in [-0.2, 0) is 12.8 Å². The van der Waals surface area contributed by atoms with Crippen molar-refractivity contribution >= 4 is 15.9 Å². The maximum atomic E-state index is 3.87. The minimum atomic E-state index is 0.520. The summed E-state index contributed by atoms with van der Waals surface area (Å²) in [5.74, 6) is 0.787. The van der Waals surface area contributed by atoms with E-state index in [1.165, 1.54) is 29.5 Å². The summed E-state index contributed by atoms with van der Waals surface area (Å²) in [5.41, 5.74) is 4.45. The van der Waals surface area contributed by atoms with Crippen molar-refractivity contribution in [1.29, 1.82) is 0 Å². The normalized spacial score (nSPS) is 13.1. The average Bonchev–Trinajstić information content (AvgIpc) is 2.34. The van der Waals surface area contributed by atoms with Gasteiger partial charge in [-0.25, -0.2) is 0 Å². The van der Waals surface area contributed by atoms with E-state index in [-0.39, 0.29) is 0 Å². The molecule has 0 nitrogen and oxygen atoms in total. The van der Waals surface area contributed by atoms with Crippen molar-refractivity contribution in [3.05, 3.63) is 34.9 Å². The molecule has 1 atom stereocenters. The maximum Gasteiger partial charge on any atom is 0.0398 e. The summed E-state index contributed by atoms with van der Waals surface area (Å²) in [6.07, 6.45) is 4.78. The molecule has 0 spiro atoms. The van der Waals surface area contributed by atoms with E-state index in [4.69, 9.17) is 0 Å². The smallest absolute Gasteiger partial charge is 0.0398 e. The number of halogens is 1. The fourth-order valence-electron chi connectivity index (χ4n) is 2.11. The Bertz CT molecular complexity index is 341. The summed E-state index contributed by atoms with van der Waals surface area (Å²) >= 11 is 3.87. The van der Waals surface area contributed by atoms with Crippen LogP contribution in [-0.4, -0.2) is 0 Å². The molecule has 0 saturated carbocycles. The van der Waals surface area contributed by atoms with Crippen molar-refractivity contribution in [2.45, 2.75) is 58.2 Å². The van der Waals surface area contributed by atoms with Gasteiger partial charge in [0.2, 0.25) is 0 Å². The van der Waals surface area contributed by atoms with Gasteiger partial charge in [-0.2, -0.15) is 0 Å². The van der Waals surface area contributed by atoms with Crippen molar-refractivity contribution in [3.63, 3.8) is 0 Å². The van der Waals surface area contributed by atoms with Gasteiger partial charge in [-0.15, -0.1) is 0 Å². The fourth-order valence-corrected chi connectivity index (χ4v) is 2.80. The van der Waals surface area contributed by atoms with Gasteiger partial charge in [-0.1, -0.05) is 61.8 Å². The largest absolute Gasteiger partial charge is 0.0839 e. The standard InChI is InChI=1S/C16H25Br/c1-5-13-8-9-14(6-2)15(11-13)16(17)10-7-12(3)4/h8-9,11-12,16H,5-7,10H2,1-4H3. The molecule has 0 aromatic heterocycles. The van der Waals surface area contributed by atoms with Crippen LogP contribution in [0.1, 0.15) is 62.1 Å². The van der Waals surface area contributed by atoms with Crippen molar-refractivity contribution in [2.24, 2.45) is 5.92 Å². The van der Waals surface area contributed by atoms with E-state index in [1.807, 2.05) is 0 Å². The van der Waals surface area contributed by atoms with Crippen molar-refractivity contribution in [1.82, 2.24) is 0 Å². The molecule has 1 aromatic rings. The van der Waals surface area contributed by atoms with E-state index in [9.17, 15) is 0 Å². The lowest BCUT2D eigenvalue weighted by Crippen LogP contribution is -2.00. The van der Waals surface area contributed by atoms with Crippen LogP contribution < -0.4 is 0 Å². The van der Waals surface area contributed by atoms with Crippen LogP contribution >= 0.6 is 15.9 Å². The van der Waals surface area contributed by atoms with E-state index >= 15 is 0 Å². The first-order valence-corrected chi connectivity index (χ1v) is 7.75. The molecular weight excluding hydrogens is 272 g/mol. The highest BCUT2D eigenvalue weighted by atomic mass is 79.9.